The molecule has 1 amide bonds. The third kappa shape index (κ3) is 2.16. The Morgan fingerprint density at radius 3 is 3.00 bits per heavy atom. The number of amides is 1. The van der Waals surface area contributed by atoms with Gasteiger partial charge in [0.05, 0.1) is 30.5 Å². The van der Waals surface area contributed by atoms with Crippen molar-refractivity contribution in [3.05, 3.63) is 41.7 Å². The lowest BCUT2D eigenvalue weighted by Gasteiger charge is -2.48. The molecule has 4 heterocycles. The lowest BCUT2D eigenvalue weighted by atomic mass is 9.66. The van der Waals surface area contributed by atoms with Gasteiger partial charge >= 0.3 is 5.97 Å². The van der Waals surface area contributed by atoms with Gasteiger partial charge in [0, 0.05) is 30.1 Å². The number of hydrogen-bond donors (Lipinski definition) is 1. The van der Waals surface area contributed by atoms with E-state index in [1.807, 2.05) is 18.2 Å². The van der Waals surface area contributed by atoms with Crippen LogP contribution in [0.5, 0.6) is 0 Å². The second-order valence-electron chi connectivity index (χ2n) is 8.14. The fourth-order valence-corrected chi connectivity index (χ4v) is 5.77. The van der Waals surface area contributed by atoms with Gasteiger partial charge in [-0.3, -0.25) is 9.69 Å². The Kier molecular flexibility index (Phi) is 3.63. The second-order valence-corrected chi connectivity index (χ2v) is 8.14. The number of nitrogens with zero attached hydrogens (tertiary/aromatic N) is 1. The topological polar surface area (TPSA) is 67.9 Å². The molecule has 1 aromatic carbocycles. The number of carbonyl (C=O) groups is 2. The molecule has 4 aliphatic heterocycles. The highest BCUT2D eigenvalue weighted by Gasteiger charge is 2.61. The van der Waals surface area contributed by atoms with E-state index in [0.29, 0.717) is 5.57 Å². The van der Waals surface area contributed by atoms with Crippen molar-refractivity contribution in [1.29, 1.82) is 0 Å². The maximum Gasteiger partial charge on any atom is 0.337 e. The maximum atomic E-state index is 13.1. The highest BCUT2D eigenvalue weighted by atomic mass is 16.5. The van der Waals surface area contributed by atoms with Gasteiger partial charge in [0.25, 0.3) is 0 Å². The third-order valence-corrected chi connectivity index (χ3v) is 7.14. The number of benzene rings is 1. The molecule has 4 aliphatic rings. The van der Waals surface area contributed by atoms with E-state index in [-0.39, 0.29) is 35.9 Å². The molecule has 2 fully saturated rings. The van der Waals surface area contributed by atoms with Gasteiger partial charge in [0.2, 0.25) is 5.91 Å². The summed E-state index contributed by atoms with van der Waals surface area (Å²) in [6, 6.07) is 8.10. The summed E-state index contributed by atoms with van der Waals surface area (Å²) in [4.78, 5) is 27.9. The Morgan fingerprint density at radius 1 is 1.37 bits per heavy atom. The van der Waals surface area contributed by atoms with Crippen molar-refractivity contribution < 1.29 is 19.1 Å². The van der Waals surface area contributed by atoms with E-state index in [2.05, 4.69) is 23.2 Å². The Morgan fingerprint density at radius 2 is 2.19 bits per heavy atom. The van der Waals surface area contributed by atoms with E-state index in [1.54, 1.807) is 6.26 Å². The first-order valence-corrected chi connectivity index (χ1v) is 9.65. The maximum absolute atomic E-state index is 13.1. The van der Waals surface area contributed by atoms with Crippen LogP contribution < -0.4 is 5.32 Å². The number of methoxy groups -OCH3 is 1. The van der Waals surface area contributed by atoms with Crippen LogP contribution in [0, 0.1) is 11.8 Å². The van der Waals surface area contributed by atoms with Gasteiger partial charge in [-0.05, 0) is 37.9 Å². The number of anilines is 1. The van der Waals surface area contributed by atoms with Crippen LogP contribution in [0.25, 0.3) is 0 Å². The molecule has 0 radical (unpaired) electrons. The number of carbonyl (C=O) groups excluding carboxylic acids is 2. The first kappa shape index (κ1) is 16.8. The monoisotopic (exact) mass is 368 g/mol. The van der Waals surface area contributed by atoms with Gasteiger partial charge in [-0.2, -0.15) is 0 Å². The number of hydrogen-bond acceptors (Lipinski definition) is 5. The van der Waals surface area contributed by atoms with Crippen LogP contribution in [0.3, 0.4) is 0 Å². The third-order valence-electron chi connectivity index (χ3n) is 7.14. The van der Waals surface area contributed by atoms with E-state index in [0.717, 1.165) is 37.2 Å². The fraction of sp³-hybridized carbons (Fsp3) is 0.524. The van der Waals surface area contributed by atoms with Crippen LogP contribution in [0.4, 0.5) is 5.69 Å². The van der Waals surface area contributed by atoms with Crippen molar-refractivity contribution in [1.82, 2.24) is 4.90 Å². The first-order chi connectivity index (χ1) is 13.1. The molecule has 0 saturated carbocycles. The Balaban J connectivity index is 1.55. The summed E-state index contributed by atoms with van der Waals surface area (Å²) in [6.45, 7) is 3.79. The molecule has 5 rings (SSSR count). The molecule has 0 bridgehead atoms. The highest BCUT2D eigenvalue weighted by molar-refractivity contribution is 6.07. The molecule has 0 aromatic heterocycles. The molecular formula is C21H24N2O4. The zero-order valence-corrected chi connectivity index (χ0v) is 15.6. The minimum absolute atomic E-state index is 0.0468. The number of esters is 1. The van der Waals surface area contributed by atoms with Crippen molar-refractivity contribution in [2.75, 3.05) is 25.5 Å². The van der Waals surface area contributed by atoms with Crippen LogP contribution in [0.2, 0.25) is 0 Å². The summed E-state index contributed by atoms with van der Waals surface area (Å²) in [5.41, 5.74) is 2.11. The Hall–Kier alpha value is -2.34. The van der Waals surface area contributed by atoms with E-state index >= 15 is 0 Å². The van der Waals surface area contributed by atoms with Crippen molar-refractivity contribution in [2.24, 2.45) is 11.8 Å². The molecular weight excluding hydrogens is 344 g/mol. The van der Waals surface area contributed by atoms with E-state index < -0.39 is 5.41 Å². The zero-order valence-electron chi connectivity index (χ0n) is 15.6. The SMILES string of the molecule is COC(=O)C1=CO[C@H](C)[C@H]2CN3CC[C@]4(C(=O)Nc5ccccc54)[C@@H]3C[C@H]12. The smallest absolute Gasteiger partial charge is 0.337 e. The summed E-state index contributed by atoms with van der Waals surface area (Å²) in [5, 5.41) is 3.09. The number of ether oxygens (including phenoxy) is 2. The molecule has 5 atom stereocenters. The number of piperidine rings is 1. The molecule has 6 nitrogen and oxygen atoms in total. The number of nitrogens with one attached hydrogen (secondary N) is 1. The summed E-state index contributed by atoms with van der Waals surface area (Å²) < 4.78 is 10.8. The van der Waals surface area contributed by atoms with Crippen molar-refractivity contribution >= 4 is 17.6 Å². The number of fused-ring (bicyclic) bond motifs is 5. The second kappa shape index (κ2) is 5.83. The van der Waals surface area contributed by atoms with Gasteiger partial charge in [-0.1, -0.05) is 18.2 Å². The van der Waals surface area contributed by atoms with Crippen LogP contribution in [-0.2, 0) is 24.5 Å². The van der Waals surface area contributed by atoms with Crippen molar-refractivity contribution in [2.45, 2.75) is 37.3 Å². The first-order valence-electron chi connectivity index (χ1n) is 9.65. The predicted octanol–water partition coefficient (Wildman–Crippen LogP) is 2.06. The summed E-state index contributed by atoms with van der Waals surface area (Å²) in [5.74, 6) is 0.0558. The zero-order chi connectivity index (χ0) is 18.8. The lowest BCUT2D eigenvalue weighted by Crippen LogP contribution is -2.56. The van der Waals surface area contributed by atoms with Crippen LogP contribution in [0.1, 0.15) is 25.3 Å². The predicted molar refractivity (Wildman–Crippen MR) is 99.0 cm³/mol. The molecule has 0 aliphatic carbocycles. The molecule has 2 saturated heterocycles. The van der Waals surface area contributed by atoms with Gasteiger partial charge in [-0.15, -0.1) is 0 Å². The van der Waals surface area contributed by atoms with Crippen LogP contribution in [0.15, 0.2) is 36.1 Å². The van der Waals surface area contributed by atoms with E-state index in [1.165, 1.54) is 7.11 Å². The fourth-order valence-electron chi connectivity index (χ4n) is 5.77. The van der Waals surface area contributed by atoms with Crippen LogP contribution >= 0.6 is 0 Å². The van der Waals surface area contributed by atoms with Gasteiger partial charge in [-0.25, -0.2) is 4.79 Å². The largest absolute Gasteiger partial charge is 0.497 e. The average molecular weight is 368 g/mol. The molecule has 1 aromatic rings. The molecule has 6 heteroatoms. The van der Waals surface area contributed by atoms with Crippen molar-refractivity contribution in [3.63, 3.8) is 0 Å². The normalized spacial score (nSPS) is 37.0. The molecule has 1 spiro atoms. The Bertz CT molecular complexity index is 850. The standard InChI is InChI=1S/C21H24N2O4/c1-12-14-10-23-8-7-21(16-5-3-4-6-17(16)22-20(21)25)18(23)9-13(14)15(11-27-12)19(24)26-2/h3-6,11-14,18H,7-10H2,1-2H3,(H,22,25)/t12-,13+,14-,18+,21-/m1/s1. The molecule has 1 N–H and O–H groups in total. The van der Waals surface area contributed by atoms with Crippen LogP contribution in [-0.4, -0.2) is 49.1 Å². The Labute approximate surface area is 158 Å². The minimum atomic E-state index is -0.523. The molecule has 142 valence electrons. The average Bonchev–Trinajstić information content (AvgIpc) is 3.20. The molecule has 27 heavy (non-hydrogen) atoms. The number of rotatable bonds is 1. The molecule has 0 unspecified atom stereocenters. The lowest BCUT2D eigenvalue weighted by molar-refractivity contribution is -0.139. The van der Waals surface area contributed by atoms with Gasteiger partial charge < -0.3 is 14.8 Å². The van der Waals surface area contributed by atoms with Gasteiger partial charge in [0.1, 0.15) is 0 Å². The quantitative estimate of drug-likeness (QED) is 0.769. The van der Waals surface area contributed by atoms with E-state index in [4.69, 9.17) is 9.47 Å². The summed E-state index contributed by atoms with van der Waals surface area (Å²) >= 11 is 0. The van der Waals surface area contributed by atoms with Crippen molar-refractivity contribution in [3.8, 4) is 0 Å². The summed E-state index contributed by atoms with van der Waals surface area (Å²) in [7, 11) is 1.41. The number of para-hydroxylation sites is 1. The van der Waals surface area contributed by atoms with E-state index in [9.17, 15) is 9.59 Å². The minimum Gasteiger partial charge on any atom is -0.497 e. The highest BCUT2D eigenvalue weighted by Crippen LogP contribution is 2.53. The summed E-state index contributed by atoms with van der Waals surface area (Å²) in [6.07, 6.45) is 3.20. The van der Waals surface area contributed by atoms with Gasteiger partial charge in [0.15, 0.2) is 0 Å².